The van der Waals surface area contributed by atoms with Crippen LogP contribution in [0.25, 0.3) is 0 Å². The highest BCUT2D eigenvalue weighted by Gasteiger charge is 2.15. The molecule has 1 atom stereocenters. The third-order valence-corrected chi connectivity index (χ3v) is 3.08. The number of carbonyl (C=O) groups is 2. The number of urea groups is 1. The number of nitrogens with one attached hydrogen (secondary N) is 3. The van der Waals surface area contributed by atoms with E-state index in [9.17, 15) is 9.59 Å². The quantitative estimate of drug-likeness (QED) is 0.793. The van der Waals surface area contributed by atoms with Gasteiger partial charge in [-0.05, 0) is 24.6 Å². The van der Waals surface area contributed by atoms with Gasteiger partial charge in [-0.2, -0.15) is 0 Å². The molecule has 3 amide bonds. The molecule has 5 nitrogen and oxygen atoms in total. The van der Waals surface area contributed by atoms with Crippen molar-refractivity contribution in [2.75, 3.05) is 5.32 Å². The summed E-state index contributed by atoms with van der Waals surface area (Å²) in [6, 6.07) is 17.7. The highest BCUT2D eigenvalue weighted by Crippen LogP contribution is 2.04. The van der Waals surface area contributed by atoms with Gasteiger partial charge in [0.15, 0.2) is 0 Å². The van der Waals surface area contributed by atoms with Gasteiger partial charge in [0.25, 0.3) is 0 Å². The van der Waals surface area contributed by atoms with Gasteiger partial charge in [0.2, 0.25) is 5.91 Å². The Morgan fingerprint density at radius 3 is 2.18 bits per heavy atom. The van der Waals surface area contributed by atoms with Gasteiger partial charge in [-0.3, -0.25) is 4.79 Å². The highest BCUT2D eigenvalue weighted by atomic mass is 16.2. The first-order valence-electron chi connectivity index (χ1n) is 7.09. The van der Waals surface area contributed by atoms with Crippen LogP contribution in [-0.2, 0) is 11.3 Å². The summed E-state index contributed by atoms with van der Waals surface area (Å²) >= 11 is 0. The van der Waals surface area contributed by atoms with Crippen molar-refractivity contribution in [2.45, 2.75) is 19.5 Å². The van der Waals surface area contributed by atoms with Gasteiger partial charge in [0.1, 0.15) is 6.04 Å². The van der Waals surface area contributed by atoms with Crippen LogP contribution in [0.2, 0.25) is 0 Å². The molecule has 2 rings (SSSR count). The van der Waals surface area contributed by atoms with Gasteiger partial charge in [-0.15, -0.1) is 0 Å². The Hall–Kier alpha value is -2.82. The lowest BCUT2D eigenvalue weighted by molar-refractivity contribution is -0.122. The zero-order chi connectivity index (χ0) is 15.8. The van der Waals surface area contributed by atoms with Crippen molar-refractivity contribution in [1.82, 2.24) is 10.6 Å². The van der Waals surface area contributed by atoms with Crippen molar-refractivity contribution in [2.24, 2.45) is 0 Å². The molecular formula is C17H19N3O2. The van der Waals surface area contributed by atoms with Crippen molar-refractivity contribution < 1.29 is 9.59 Å². The number of hydrogen-bond donors (Lipinski definition) is 3. The third kappa shape index (κ3) is 4.94. The summed E-state index contributed by atoms with van der Waals surface area (Å²) in [5.74, 6) is -0.230. The zero-order valence-corrected chi connectivity index (χ0v) is 12.4. The number of anilines is 1. The van der Waals surface area contributed by atoms with Crippen LogP contribution in [-0.4, -0.2) is 18.0 Å². The van der Waals surface area contributed by atoms with E-state index in [0.29, 0.717) is 12.2 Å². The number of carbonyl (C=O) groups excluding carboxylic acids is 2. The minimum Gasteiger partial charge on any atom is -0.350 e. The van der Waals surface area contributed by atoms with E-state index in [0.717, 1.165) is 5.56 Å². The normalized spacial score (nSPS) is 11.3. The summed E-state index contributed by atoms with van der Waals surface area (Å²) in [5.41, 5.74) is 1.69. The summed E-state index contributed by atoms with van der Waals surface area (Å²) in [7, 11) is 0. The van der Waals surface area contributed by atoms with Gasteiger partial charge >= 0.3 is 6.03 Å². The first-order valence-corrected chi connectivity index (χ1v) is 7.09. The standard InChI is InChI=1S/C17H19N3O2/c1-13(16(21)18-12-14-8-4-2-5-9-14)19-17(22)20-15-10-6-3-7-11-15/h2-11,13H,12H2,1H3,(H,18,21)(H2,19,20,22). The van der Waals surface area contributed by atoms with Gasteiger partial charge in [-0.25, -0.2) is 4.79 Å². The lowest BCUT2D eigenvalue weighted by Crippen LogP contribution is -2.46. The Balaban J connectivity index is 1.77. The van der Waals surface area contributed by atoms with Gasteiger partial charge in [0.05, 0.1) is 0 Å². The molecule has 0 aliphatic heterocycles. The van der Waals surface area contributed by atoms with Gasteiger partial charge in [-0.1, -0.05) is 48.5 Å². The van der Waals surface area contributed by atoms with Crippen molar-refractivity contribution in [3.63, 3.8) is 0 Å². The summed E-state index contributed by atoms with van der Waals surface area (Å²) in [5, 5.41) is 8.06. The molecule has 0 aliphatic carbocycles. The molecule has 5 heteroatoms. The number of para-hydroxylation sites is 1. The van der Waals surface area contributed by atoms with E-state index in [-0.39, 0.29) is 5.91 Å². The molecule has 0 aromatic heterocycles. The molecule has 3 N–H and O–H groups in total. The predicted molar refractivity (Wildman–Crippen MR) is 86.3 cm³/mol. The van der Waals surface area contributed by atoms with Crippen molar-refractivity contribution in [1.29, 1.82) is 0 Å². The van der Waals surface area contributed by atoms with Gasteiger partial charge in [0, 0.05) is 12.2 Å². The second kappa shape index (κ2) is 7.83. The minimum atomic E-state index is -0.618. The summed E-state index contributed by atoms with van der Waals surface area (Å²) < 4.78 is 0. The average molecular weight is 297 g/mol. The predicted octanol–water partition coefficient (Wildman–Crippen LogP) is 2.51. The second-order valence-electron chi connectivity index (χ2n) is 4.89. The number of benzene rings is 2. The largest absolute Gasteiger partial charge is 0.350 e. The summed E-state index contributed by atoms with van der Waals surface area (Å²) in [6.07, 6.45) is 0. The maximum absolute atomic E-state index is 12.0. The Labute approximate surface area is 129 Å². The molecule has 2 aromatic carbocycles. The van der Waals surface area contributed by atoms with Crippen LogP contribution in [0.3, 0.4) is 0 Å². The van der Waals surface area contributed by atoms with Crippen LogP contribution < -0.4 is 16.0 Å². The molecule has 1 unspecified atom stereocenters. The fraction of sp³-hybridized carbons (Fsp3) is 0.176. The SMILES string of the molecule is CC(NC(=O)Nc1ccccc1)C(=O)NCc1ccccc1. The fourth-order valence-corrected chi connectivity index (χ4v) is 1.89. The molecule has 0 saturated heterocycles. The van der Waals surface area contributed by atoms with Crippen LogP contribution in [0.1, 0.15) is 12.5 Å². The van der Waals surface area contributed by atoms with Crippen LogP contribution in [0.5, 0.6) is 0 Å². The molecule has 22 heavy (non-hydrogen) atoms. The van der Waals surface area contributed by atoms with E-state index in [1.165, 1.54) is 0 Å². The first kappa shape index (κ1) is 15.6. The topological polar surface area (TPSA) is 70.2 Å². The van der Waals surface area contributed by atoms with E-state index in [4.69, 9.17) is 0 Å². The molecule has 0 fully saturated rings. The summed E-state index contributed by atoms with van der Waals surface area (Å²) in [6.45, 7) is 2.08. The van der Waals surface area contributed by atoms with E-state index in [1.807, 2.05) is 48.5 Å². The third-order valence-electron chi connectivity index (χ3n) is 3.08. The van der Waals surface area contributed by atoms with E-state index < -0.39 is 12.1 Å². The van der Waals surface area contributed by atoms with E-state index in [2.05, 4.69) is 16.0 Å². The number of rotatable bonds is 5. The molecule has 0 saturated carbocycles. The fourth-order valence-electron chi connectivity index (χ4n) is 1.89. The molecule has 0 bridgehead atoms. The maximum Gasteiger partial charge on any atom is 0.319 e. The van der Waals surface area contributed by atoms with E-state index >= 15 is 0 Å². The maximum atomic E-state index is 12.0. The van der Waals surface area contributed by atoms with Crippen molar-refractivity contribution >= 4 is 17.6 Å². The number of hydrogen-bond acceptors (Lipinski definition) is 2. The van der Waals surface area contributed by atoms with Crippen molar-refractivity contribution in [3.05, 3.63) is 66.2 Å². The smallest absolute Gasteiger partial charge is 0.319 e. The Morgan fingerprint density at radius 1 is 0.955 bits per heavy atom. The van der Waals surface area contributed by atoms with Crippen LogP contribution in [0.15, 0.2) is 60.7 Å². The molecule has 0 spiro atoms. The average Bonchev–Trinajstić information content (AvgIpc) is 2.54. The van der Waals surface area contributed by atoms with Crippen molar-refractivity contribution in [3.8, 4) is 0 Å². The van der Waals surface area contributed by atoms with Crippen LogP contribution >= 0.6 is 0 Å². The molecule has 0 heterocycles. The van der Waals surface area contributed by atoms with E-state index in [1.54, 1.807) is 19.1 Å². The molecule has 2 aromatic rings. The Kier molecular flexibility index (Phi) is 5.54. The minimum absolute atomic E-state index is 0.230. The summed E-state index contributed by atoms with van der Waals surface area (Å²) in [4.78, 5) is 23.8. The zero-order valence-electron chi connectivity index (χ0n) is 12.4. The first-order chi connectivity index (χ1) is 10.6. The van der Waals surface area contributed by atoms with Crippen LogP contribution in [0, 0.1) is 0 Å². The molecule has 0 radical (unpaired) electrons. The molecular weight excluding hydrogens is 278 g/mol. The molecule has 114 valence electrons. The lowest BCUT2D eigenvalue weighted by atomic mass is 10.2. The Morgan fingerprint density at radius 2 is 1.55 bits per heavy atom. The Bertz CT molecular complexity index is 614. The second-order valence-corrected chi connectivity index (χ2v) is 4.89. The van der Waals surface area contributed by atoms with Gasteiger partial charge < -0.3 is 16.0 Å². The number of amides is 3. The molecule has 0 aliphatic rings. The highest BCUT2D eigenvalue weighted by molar-refractivity contribution is 5.93. The monoisotopic (exact) mass is 297 g/mol. The van der Waals surface area contributed by atoms with Crippen LogP contribution in [0.4, 0.5) is 10.5 Å². The lowest BCUT2D eigenvalue weighted by Gasteiger charge is -2.15.